The molecule has 142 valence electrons. The van der Waals surface area contributed by atoms with Gasteiger partial charge in [0.15, 0.2) is 4.80 Å². The van der Waals surface area contributed by atoms with Crippen LogP contribution in [-0.4, -0.2) is 23.6 Å². The number of carbonyl (C=O) groups excluding carboxylic acids is 2. The number of thiazole rings is 1. The Morgan fingerprint density at radius 2 is 2.07 bits per heavy atom. The second-order valence-electron chi connectivity index (χ2n) is 5.76. The van der Waals surface area contributed by atoms with Crippen molar-refractivity contribution in [2.24, 2.45) is 4.99 Å². The van der Waals surface area contributed by atoms with Gasteiger partial charge in [-0.2, -0.15) is 4.99 Å². The van der Waals surface area contributed by atoms with E-state index in [1.165, 1.54) is 24.5 Å². The van der Waals surface area contributed by atoms with Gasteiger partial charge in [0.05, 0.1) is 22.9 Å². The van der Waals surface area contributed by atoms with E-state index in [0.717, 1.165) is 15.8 Å². The monoisotopic (exact) mass is 412 g/mol. The van der Waals surface area contributed by atoms with Crippen LogP contribution in [0.1, 0.15) is 15.9 Å². The van der Waals surface area contributed by atoms with Crippen molar-refractivity contribution in [1.82, 2.24) is 4.57 Å². The summed E-state index contributed by atoms with van der Waals surface area (Å²) in [6.07, 6.45) is 4.74. The van der Waals surface area contributed by atoms with E-state index in [1.54, 1.807) is 30.4 Å². The normalized spacial score (nSPS) is 11.9. The zero-order chi connectivity index (χ0) is 20.1. The van der Waals surface area contributed by atoms with Crippen molar-refractivity contribution in [3.05, 3.63) is 82.1 Å². The number of ether oxygens (including phenoxy) is 1. The summed E-state index contributed by atoms with van der Waals surface area (Å²) in [6.45, 7) is 4.25. The van der Waals surface area contributed by atoms with Gasteiger partial charge in [-0.3, -0.25) is 4.79 Å². The van der Waals surface area contributed by atoms with E-state index < -0.39 is 11.9 Å². The maximum Gasteiger partial charge on any atom is 0.337 e. The van der Waals surface area contributed by atoms with Gasteiger partial charge in [-0.05, 0) is 35.9 Å². The molecule has 0 aliphatic heterocycles. The summed E-state index contributed by atoms with van der Waals surface area (Å²) in [5, 5.41) is 0.561. The fraction of sp³-hybridized carbons (Fsp3) is 0.0952. The van der Waals surface area contributed by atoms with Gasteiger partial charge < -0.3 is 9.30 Å². The molecule has 2 aromatic carbocycles. The van der Waals surface area contributed by atoms with Crippen molar-refractivity contribution < 1.29 is 14.3 Å². The summed E-state index contributed by atoms with van der Waals surface area (Å²) in [6, 6.07) is 12.5. The SMILES string of the molecule is C=CCn1c(=NC(=O)/C=C/c2ccccc2Cl)sc2cc(C(=O)OC)ccc21. The molecule has 0 unspecified atom stereocenters. The van der Waals surface area contributed by atoms with E-state index in [-0.39, 0.29) is 0 Å². The van der Waals surface area contributed by atoms with Crippen molar-refractivity contribution >= 4 is 51.1 Å². The first-order valence-electron chi connectivity index (χ1n) is 8.37. The molecule has 28 heavy (non-hydrogen) atoms. The fourth-order valence-electron chi connectivity index (χ4n) is 2.61. The molecule has 0 spiro atoms. The quantitative estimate of drug-likeness (QED) is 0.353. The third kappa shape index (κ3) is 4.30. The number of hydrogen-bond acceptors (Lipinski definition) is 4. The van der Waals surface area contributed by atoms with Crippen LogP contribution in [0.3, 0.4) is 0 Å². The van der Waals surface area contributed by atoms with Crippen LogP contribution in [-0.2, 0) is 16.1 Å². The number of nitrogens with zero attached hydrogens (tertiary/aromatic N) is 2. The smallest absolute Gasteiger partial charge is 0.337 e. The minimum atomic E-state index is -0.414. The maximum absolute atomic E-state index is 12.3. The number of hydrogen-bond donors (Lipinski definition) is 0. The van der Waals surface area contributed by atoms with Gasteiger partial charge in [0.25, 0.3) is 5.91 Å². The first-order chi connectivity index (χ1) is 13.5. The zero-order valence-electron chi connectivity index (χ0n) is 15.1. The average molecular weight is 413 g/mol. The van der Waals surface area contributed by atoms with Gasteiger partial charge in [0.1, 0.15) is 0 Å². The van der Waals surface area contributed by atoms with E-state index in [0.29, 0.717) is 21.9 Å². The van der Waals surface area contributed by atoms with Gasteiger partial charge in [-0.25, -0.2) is 4.79 Å². The van der Waals surface area contributed by atoms with Crippen molar-refractivity contribution in [1.29, 1.82) is 0 Å². The average Bonchev–Trinajstić information content (AvgIpc) is 3.03. The number of methoxy groups -OCH3 is 1. The Labute approximate surface area is 170 Å². The molecule has 0 bridgehead atoms. The molecule has 1 heterocycles. The Balaban J connectivity index is 2.01. The van der Waals surface area contributed by atoms with Gasteiger partial charge in [0, 0.05) is 17.6 Å². The molecule has 7 heteroatoms. The topological polar surface area (TPSA) is 60.7 Å². The molecule has 5 nitrogen and oxygen atoms in total. The van der Waals surface area contributed by atoms with Gasteiger partial charge in [0.2, 0.25) is 0 Å². The van der Waals surface area contributed by atoms with Crippen molar-refractivity contribution in [3.63, 3.8) is 0 Å². The van der Waals surface area contributed by atoms with Crippen LogP contribution in [0.25, 0.3) is 16.3 Å². The lowest BCUT2D eigenvalue weighted by molar-refractivity contribution is -0.113. The van der Waals surface area contributed by atoms with E-state index in [4.69, 9.17) is 16.3 Å². The van der Waals surface area contributed by atoms with Crippen LogP contribution in [0.15, 0.2) is 66.2 Å². The Kier molecular flexibility index (Phi) is 6.23. The largest absolute Gasteiger partial charge is 0.465 e. The molecule has 3 rings (SSSR count). The molecule has 0 saturated heterocycles. The molecule has 0 fully saturated rings. The molecule has 0 saturated carbocycles. The highest BCUT2D eigenvalue weighted by Gasteiger charge is 2.11. The summed E-state index contributed by atoms with van der Waals surface area (Å²) in [4.78, 5) is 28.8. The molecule has 0 atom stereocenters. The Morgan fingerprint density at radius 3 is 2.79 bits per heavy atom. The number of benzene rings is 2. The van der Waals surface area contributed by atoms with Crippen molar-refractivity contribution in [3.8, 4) is 0 Å². The highest BCUT2D eigenvalue weighted by Crippen LogP contribution is 2.20. The molecule has 0 aliphatic rings. The first kappa shape index (κ1) is 19.8. The summed E-state index contributed by atoms with van der Waals surface area (Å²) in [5.41, 5.74) is 2.04. The maximum atomic E-state index is 12.3. The molecule has 3 aromatic rings. The number of amides is 1. The third-order valence-corrected chi connectivity index (χ3v) is 5.32. The molecular weight excluding hydrogens is 396 g/mol. The molecule has 1 amide bonds. The molecular formula is C21H17ClN2O3S. The van der Waals surface area contributed by atoms with E-state index in [9.17, 15) is 9.59 Å². The summed E-state index contributed by atoms with van der Waals surface area (Å²) < 4.78 is 7.46. The van der Waals surface area contributed by atoms with Crippen molar-refractivity contribution in [2.75, 3.05) is 7.11 Å². The molecule has 0 N–H and O–H groups in total. The predicted octanol–water partition coefficient (Wildman–Crippen LogP) is 4.47. The fourth-order valence-corrected chi connectivity index (χ4v) is 3.89. The number of fused-ring (bicyclic) bond motifs is 1. The Bertz CT molecular complexity index is 1160. The first-order valence-corrected chi connectivity index (χ1v) is 9.57. The third-order valence-electron chi connectivity index (χ3n) is 3.93. The minimum absolute atomic E-state index is 0.405. The van der Waals surface area contributed by atoms with Gasteiger partial charge in [-0.1, -0.05) is 47.2 Å². The molecule has 1 aromatic heterocycles. The zero-order valence-corrected chi connectivity index (χ0v) is 16.7. The molecule has 0 radical (unpaired) electrons. The van der Waals surface area contributed by atoms with E-state index in [1.807, 2.05) is 28.8 Å². The Morgan fingerprint density at radius 1 is 1.29 bits per heavy atom. The van der Waals surface area contributed by atoms with Crippen LogP contribution >= 0.6 is 22.9 Å². The lowest BCUT2D eigenvalue weighted by Gasteiger charge is -2.02. The highest BCUT2D eigenvalue weighted by molar-refractivity contribution is 7.16. The predicted molar refractivity (Wildman–Crippen MR) is 112 cm³/mol. The number of allylic oxidation sites excluding steroid dienone is 1. The lowest BCUT2D eigenvalue weighted by atomic mass is 10.2. The lowest BCUT2D eigenvalue weighted by Crippen LogP contribution is -2.15. The minimum Gasteiger partial charge on any atom is -0.465 e. The second kappa shape index (κ2) is 8.82. The number of carbonyl (C=O) groups is 2. The summed E-state index contributed by atoms with van der Waals surface area (Å²) in [5.74, 6) is -0.819. The van der Waals surface area contributed by atoms with Crippen LogP contribution in [0.4, 0.5) is 0 Å². The van der Waals surface area contributed by atoms with Crippen molar-refractivity contribution in [2.45, 2.75) is 6.54 Å². The van der Waals surface area contributed by atoms with E-state index in [2.05, 4.69) is 11.6 Å². The second-order valence-corrected chi connectivity index (χ2v) is 7.18. The number of esters is 1. The summed E-state index contributed by atoms with van der Waals surface area (Å²) >= 11 is 7.42. The van der Waals surface area contributed by atoms with Crippen LogP contribution in [0.2, 0.25) is 5.02 Å². The number of rotatable bonds is 5. The standard InChI is InChI=1S/C21H17ClN2O3S/c1-3-12-24-17-10-8-15(20(26)27-2)13-18(17)28-21(24)23-19(25)11-9-14-6-4-5-7-16(14)22/h3-11,13H,1,12H2,2H3/b11-9+,23-21?. The van der Waals surface area contributed by atoms with Gasteiger partial charge in [-0.15, -0.1) is 6.58 Å². The van der Waals surface area contributed by atoms with Crippen LogP contribution in [0.5, 0.6) is 0 Å². The number of aromatic nitrogens is 1. The highest BCUT2D eigenvalue weighted by atomic mass is 35.5. The van der Waals surface area contributed by atoms with Gasteiger partial charge >= 0.3 is 5.97 Å². The Hall–Kier alpha value is -2.96. The van der Waals surface area contributed by atoms with Crippen LogP contribution in [0, 0.1) is 0 Å². The van der Waals surface area contributed by atoms with E-state index >= 15 is 0 Å². The number of halogens is 1. The molecule has 0 aliphatic carbocycles. The summed E-state index contributed by atoms with van der Waals surface area (Å²) in [7, 11) is 1.34. The van der Waals surface area contributed by atoms with Crippen LogP contribution < -0.4 is 4.80 Å².